The zero-order valence-electron chi connectivity index (χ0n) is 9.98. The molecule has 0 amide bonds. The highest BCUT2D eigenvalue weighted by molar-refractivity contribution is 5.86. The number of nitrogens with two attached hydrogens (primary N) is 1. The Hall–Kier alpha value is -1.33. The number of carbonyl (C=O) groups is 1. The van der Waals surface area contributed by atoms with E-state index in [4.69, 9.17) is 15.3 Å². The summed E-state index contributed by atoms with van der Waals surface area (Å²) in [6, 6.07) is 2.02. The molecule has 5 heteroatoms. The summed E-state index contributed by atoms with van der Waals surface area (Å²) in [6.45, 7) is 4.23. The highest BCUT2D eigenvalue weighted by Crippen LogP contribution is 2.18. The van der Waals surface area contributed by atoms with Crippen molar-refractivity contribution < 1.29 is 14.3 Å². The quantitative estimate of drug-likeness (QED) is 0.827. The number of aryl methyl sites for hydroxylation is 1. The normalized spacial score (nSPS) is 21.6. The Kier molecular flexibility index (Phi) is 3.49. The summed E-state index contributed by atoms with van der Waals surface area (Å²) in [4.78, 5) is 13.1. The summed E-state index contributed by atoms with van der Waals surface area (Å²) >= 11 is 0. The number of furan rings is 1. The third-order valence-electron chi connectivity index (χ3n) is 3.08. The summed E-state index contributed by atoms with van der Waals surface area (Å²) in [5.41, 5.74) is 6.57. The Morgan fingerprint density at radius 1 is 1.71 bits per heavy atom. The summed E-state index contributed by atoms with van der Waals surface area (Å²) < 4.78 is 5.33. The smallest absolute Gasteiger partial charge is 0.372 e. The molecule has 17 heavy (non-hydrogen) atoms. The minimum absolute atomic E-state index is 0.0429. The monoisotopic (exact) mass is 238 g/mol. The van der Waals surface area contributed by atoms with Crippen LogP contribution >= 0.6 is 0 Å². The molecule has 1 aromatic rings. The lowest BCUT2D eigenvalue weighted by Crippen LogP contribution is -2.42. The Labute approximate surface area is 100 Å². The maximum Gasteiger partial charge on any atom is 0.372 e. The van der Waals surface area contributed by atoms with E-state index in [9.17, 15) is 4.79 Å². The van der Waals surface area contributed by atoms with Crippen molar-refractivity contribution in [2.45, 2.75) is 32.4 Å². The van der Waals surface area contributed by atoms with Crippen molar-refractivity contribution in [3.8, 4) is 0 Å². The molecule has 0 aliphatic carbocycles. The third-order valence-corrected chi connectivity index (χ3v) is 3.08. The number of nitrogens with zero attached hydrogens (tertiary/aromatic N) is 1. The van der Waals surface area contributed by atoms with Gasteiger partial charge in [-0.25, -0.2) is 4.79 Å². The molecule has 1 fully saturated rings. The van der Waals surface area contributed by atoms with Crippen LogP contribution in [0.3, 0.4) is 0 Å². The van der Waals surface area contributed by atoms with Gasteiger partial charge in [-0.3, -0.25) is 4.90 Å². The van der Waals surface area contributed by atoms with Crippen molar-refractivity contribution in [2.24, 2.45) is 5.73 Å². The van der Waals surface area contributed by atoms with Gasteiger partial charge in [-0.05, 0) is 32.4 Å². The van der Waals surface area contributed by atoms with Crippen molar-refractivity contribution in [3.05, 3.63) is 23.2 Å². The molecule has 1 aliphatic heterocycles. The molecule has 0 radical (unpaired) electrons. The molecule has 94 valence electrons. The Balaban J connectivity index is 2.03. The van der Waals surface area contributed by atoms with Crippen LogP contribution in [0, 0.1) is 6.92 Å². The molecule has 3 N–H and O–H groups in total. The van der Waals surface area contributed by atoms with E-state index in [1.165, 1.54) is 0 Å². The Morgan fingerprint density at radius 2 is 2.47 bits per heavy atom. The van der Waals surface area contributed by atoms with Crippen LogP contribution in [0.15, 0.2) is 10.5 Å². The molecular formula is C12H18N2O3. The lowest BCUT2D eigenvalue weighted by Gasteiger charge is -2.29. The van der Waals surface area contributed by atoms with E-state index in [2.05, 4.69) is 4.90 Å². The van der Waals surface area contributed by atoms with Crippen LogP contribution < -0.4 is 5.73 Å². The second-order valence-corrected chi connectivity index (χ2v) is 4.67. The van der Waals surface area contributed by atoms with Gasteiger partial charge in [0.1, 0.15) is 5.76 Å². The van der Waals surface area contributed by atoms with Crippen LogP contribution in [0.25, 0.3) is 0 Å². The first kappa shape index (κ1) is 12.1. The fraction of sp³-hybridized carbons (Fsp3) is 0.583. The Bertz CT molecular complexity index is 414. The van der Waals surface area contributed by atoms with Gasteiger partial charge in [0.05, 0.1) is 6.54 Å². The van der Waals surface area contributed by atoms with Gasteiger partial charge in [-0.2, -0.15) is 0 Å². The van der Waals surface area contributed by atoms with Crippen molar-refractivity contribution in [1.82, 2.24) is 4.90 Å². The minimum Gasteiger partial charge on any atom is -0.475 e. The average Bonchev–Trinajstić information content (AvgIpc) is 2.59. The topological polar surface area (TPSA) is 79.7 Å². The Morgan fingerprint density at radius 3 is 3.06 bits per heavy atom. The van der Waals surface area contributed by atoms with Gasteiger partial charge >= 0.3 is 5.97 Å². The van der Waals surface area contributed by atoms with Crippen LogP contribution in [0.1, 0.15) is 34.7 Å². The molecule has 0 saturated carbocycles. The van der Waals surface area contributed by atoms with Gasteiger partial charge < -0.3 is 15.3 Å². The molecule has 0 aromatic carbocycles. The number of hydrogen-bond donors (Lipinski definition) is 2. The number of carboxylic acid groups (broad SMARTS) is 1. The van der Waals surface area contributed by atoms with Gasteiger partial charge in [0.2, 0.25) is 5.76 Å². The van der Waals surface area contributed by atoms with Gasteiger partial charge in [0, 0.05) is 18.2 Å². The standard InChI is InChI=1S/C12H18N2O3/c1-8-5-10(17-11(8)12(15)16)7-14-4-2-3-9(13)6-14/h5,9H,2-4,6-7,13H2,1H3,(H,15,16). The molecule has 1 aliphatic rings. The fourth-order valence-electron chi connectivity index (χ4n) is 2.29. The largest absolute Gasteiger partial charge is 0.475 e. The molecule has 0 bridgehead atoms. The molecule has 1 aromatic heterocycles. The van der Waals surface area contributed by atoms with E-state index >= 15 is 0 Å². The molecular weight excluding hydrogens is 220 g/mol. The summed E-state index contributed by atoms with van der Waals surface area (Å²) in [7, 11) is 0. The number of carboxylic acids is 1. The summed E-state index contributed by atoms with van der Waals surface area (Å²) in [5.74, 6) is -0.264. The highest BCUT2D eigenvalue weighted by Gasteiger charge is 2.20. The maximum absolute atomic E-state index is 10.9. The third kappa shape index (κ3) is 2.87. The molecule has 2 rings (SSSR count). The summed E-state index contributed by atoms with van der Waals surface area (Å²) in [5, 5.41) is 8.90. The number of rotatable bonds is 3. The van der Waals surface area contributed by atoms with Crippen molar-refractivity contribution >= 4 is 5.97 Å². The molecule has 5 nitrogen and oxygen atoms in total. The van der Waals surface area contributed by atoms with Crippen LogP contribution in [-0.2, 0) is 6.54 Å². The SMILES string of the molecule is Cc1cc(CN2CCCC(N)C2)oc1C(=O)O. The first-order chi connectivity index (χ1) is 8.06. The summed E-state index contributed by atoms with van der Waals surface area (Å²) in [6.07, 6.45) is 2.15. The van der Waals surface area contributed by atoms with Crippen LogP contribution in [-0.4, -0.2) is 35.1 Å². The molecule has 1 saturated heterocycles. The number of hydrogen-bond acceptors (Lipinski definition) is 4. The number of likely N-dealkylation sites (tertiary alicyclic amines) is 1. The van der Waals surface area contributed by atoms with E-state index < -0.39 is 5.97 Å². The second-order valence-electron chi connectivity index (χ2n) is 4.67. The zero-order valence-corrected chi connectivity index (χ0v) is 9.98. The molecule has 1 unspecified atom stereocenters. The first-order valence-corrected chi connectivity index (χ1v) is 5.87. The average molecular weight is 238 g/mol. The van der Waals surface area contributed by atoms with E-state index in [1.54, 1.807) is 13.0 Å². The first-order valence-electron chi connectivity index (χ1n) is 5.87. The predicted molar refractivity (Wildman–Crippen MR) is 62.9 cm³/mol. The van der Waals surface area contributed by atoms with Crippen LogP contribution in [0.2, 0.25) is 0 Å². The lowest BCUT2D eigenvalue weighted by molar-refractivity contribution is 0.0656. The van der Waals surface area contributed by atoms with E-state index in [0.29, 0.717) is 17.9 Å². The van der Waals surface area contributed by atoms with Gasteiger partial charge in [0.15, 0.2) is 0 Å². The van der Waals surface area contributed by atoms with E-state index in [1.807, 2.05) is 0 Å². The number of aromatic carboxylic acids is 1. The fourth-order valence-corrected chi connectivity index (χ4v) is 2.29. The highest BCUT2D eigenvalue weighted by atomic mass is 16.4. The van der Waals surface area contributed by atoms with Gasteiger partial charge in [-0.1, -0.05) is 0 Å². The lowest BCUT2D eigenvalue weighted by atomic mass is 10.1. The molecule has 2 heterocycles. The van der Waals surface area contributed by atoms with Crippen LogP contribution in [0.5, 0.6) is 0 Å². The van der Waals surface area contributed by atoms with Crippen molar-refractivity contribution in [2.75, 3.05) is 13.1 Å². The predicted octanol–water partition coefficient (Wildman–Crippen LogP) is 1.21. The van der Waals surface area contributed by atoms with Crippen molar-refractivity contribution in [1.29, 1.82) is 0 Å². The van der Waals surface area contributed by atoms with E-state index in [-0.39, 0.29) is 11.8 Å². The molecule has 1 atom stereocenters. The minimum atomic E-state index is -1.01. The maximum atomic E-state index is 10.9. The van der Waals surface area contributed by atoms with Crippen molar-refractivity contribution in [3.63, 3.8) is 0 Å². The van der Waals surface area contributed by atoms with E-state index in [0.717, 1.165) is 25.9 Å². The van der Waals surface area contributed by atoms with Gasteiger partial charge in [-0.15, -0.1) is 0 Å². The van der Waals surface area contributed by atoms with Gasteiger partial charge in [0.25, 0.3) is 0 Å². The van der Waals surface area contributed by atoms with Crippen LogP contribution in [0.4, 0.5) is 0 Å². The molecule has 0 spiro atoms. The zero-order chi connectivity index (χ0) is 12.4. The number of piperidine rings is 1. The second kappa shape index (κ2) is 4.89.